The second-order valence-electron chi connectivity index (χ2n) is 7.55. The Hall–Kier alpha value is -3.73. The van der Waals surface area contributed by atoms with E-state index >= 15 is 0 Å². The SMILES string of the molecule is O=C1[C@H]2C=CC=C[C@H]2N=C(CSc2nnnn2-c2ccccc2)N1c1cccc(C(F)(F)F)c1. The smallest absolute Gasteiger partial charge is 0.273 e. The van der Waals surface area contributed by atoms with Crippen LogP contribution in [0, 0.1) is 5.92 Å². The Morgan fingerprint density at radius 1 is 0.971 bits per heavy atom. The normalized spacial score (nSPS) is 19.8. The van der Waals surface area contributed by atoms with E-state index in [4.69, 9.17) is 4.99 Å². The van der Waals surface area contributed by atoms with Crippen LogP contribution in [0.3, 0.4) is 0 Å². The Bertz CT molecular complexity index is 1300. The molecule has 172 valence electrons. The van der Waals surface area contributed by atoms with E-state index in [2.05, 4.69) is 15.5 Å². The number of carbonyl (C=O) groups excluding carboxylic acids is 1. The number of tetrazole rings is 1. The van der Waals surface area contributed by atoms with Crippen LogP contribution in [0.15, 0.2) is 89.1 Å². The summed E-state index contributed by atoms with van der Waals surface area (Å²) in [6.45, 7) is 0. The molecule has 0 N–H and O–H groups in total. The van der Waals surface area contributed by atoms with Crippen LogP contribution in [-0.4, -0.2) is 43.7 Å². The number of anilines is 1. The predicted octanol–water partition coefficient (Wildman–Crippen LogP) is 4.33. The number of halogens is 3. The number of benzene rings is 2. The van der Waals surface area contributed by atoms with Crippen LogP contribution in [0.2, 0.25) is 0 Å². The van der Waals surface area contributed by atoms with Crippen molar-refractivity contribution in [2.45, 2.75) is 17.4 Å². The van der Waals surface area contributed by atoms with Crippen molar-refractivity contribution in [1.82, 2.24) is 20.2 Å². The number of para-hydroxylation sites is 1. The fourth-order valence-electron chi connectivity index (χ4n) is 3.78. The number of amides is 1. The van der Waals surface area contributed by atoms with Crippen molar-refractivity contribution in [3.8, 4) is 5.69 Å². The number of thioether (sulfide) groups is 1. The molecule has 11 heteroatoms. The molecule has 3 aromatic rings. The molecule has 2 aromatic carbocycles. The monoisotopic (exact) mass is 482 g/mol. The second kappa shape index (κ2) is 8.90. The van der Waals surface area contributed by atoms with Gasteiger partial charge < -0.3 is 0 Å². The lowest BCUT2D eigenvalue weighted by atomic mass is 9.92. The highest BCUT2D eigenvalue weighted by Crippen LogP contribution is 2.35. The Morgan fingerprint density at radius 3 is 2.53 bits per heavy atom. The summed E-state index contributed by atoms with van der Waals surface area (Å²) in [5.74, 6) is -0.407. The summed E-state index contributed by atoms with van der Waals surface area (Å²) in [7, 11) is 0. The number of nitrogens with zero attached hydrogens (tertiary/aromatic N) is 6. The lowest BCUT2D eigenvalue weighted by Crippen LogP contribution is -2.49. The van der Waals surface area contributed by atoms with Gasteiger partial charge in [-0.3, -0.25) is 14.7 Å². The van der Waals surface area contributed by atoms with Crippen molar-refractivity contribution in [3.63, 3.8) is 0 Å². The standard InChI is InChI=1S/C23H17F3N6OS/c24-23(25,26)15-7-6-10-17(13-15)31-20(27-19-12-5-4-11-18(19)21(31)33)14-34-22-28-29-30-32(22)16-8-2-1-3-9-16/h1-13,18-19H,14H2/t18-,19+/m0/s1. The van der Waals surface area contributed by atoms with E-state index in [1.54, 1.807) is 22.9 Å². The number of fused-ring (bicyclic) bond motifs is 1. The summed E-state index contributed by atoms with van der Waals surface area (Å²) in [5, 5.41) is 12.3. The molecule has 34 heavy (non-hydrogen) atoms. The highest BCUT2D eigenvalue weighted by molar-refractivity contribution is 7.99. The number of alkyl halides is 3. The number of rotatable bonds is 5. The third-order valence-electron chi connectivity index (χ3n) is 5.37. The second-order valence-corrected chi connectivity index (χ2v) is 8.49. The van der Waals surface area contributed by atoms with Crippen molar-refractivity contribution in [2.75, 3.05) is 10.7 Å². The van der Waals surface area contributed by atoms with Crippen LogP contribution in [0.4, 0.5) is 18.9 Å². The molecule has 0 saturated heterocycles. The van der Waals surface area contributed by atoms with Gasteiger partial charge in [0.2, 0.25) is 11.1 Å². The summed E-state index contributed by atoms with van der Waals surface area (Å²) in [6.07, 6.45) is 2.54. The van der Waals surface area contributed by atoms with E-state index in [1.807, 2.05) is 36.4 Å². The number of aromatic nitrogens is 4. The fourth-order valence-corrected chi connectivity index (χ4v) is 4.60. The van der Waals surface area contributed by atoms with Gasteiger partial charge in [-0.05, 0) is 40.8 Å². The number of hydrogen-bond donors (Lipinski definition) is 0. The molecule has 5 rings (SSSR count). The minimum atomic E-state index is -4.53. The first-order chi connectivity index (χ1) is 16.4. The molecule has 1 amide bonds. The zero-order chi connectivity index (χ0) is 23.7. The van der Waals surface area contributed by atoms with Gasteiger partial charge in [0.05, 0.1) is 34.7 Å². The van der Waals surface area contributed by atoms with Gasteiger partial charge >= 0.3 is 6.18 Å². The molecule has 0 bridgehead atoms. The number of hydrogen-bond acceptors (Lipinski definition) is 6. The van der Waals surface area contributed by atoms with Gasteiger partial charge in [-0.25, -0.2) is 0 Å². The number of aliphatic imine (C=N–C) groups is 1. The van der Waals surface area contributed by atoms with Gasteiger partial charge in [-0.1, -0.05) is 60.3 Å². The zero-order valence-electron chi connectivity index (χ0n) is 17.5. The lowest BCUT2D eigenvalue weighted by molar-refractivity contribution is -0.137. The van der Waals surface area contributed by atoms with Gasteiger partial charge in [0.1, 0.15) is 5.84 Å². The maximum atomic E-state index is 13.4. The maximum absolute atomic E-state index is 13.4. The van der Waals surface area contributed by atoms with Crippen LogP contribution in [-0.2, 0) is 11.0 Å². The van der Waals surface area contributed by atoms with E-state index in [0.717, 1.165) is 17.8 Å². The molecule has 7 nitrogen and oxygen atoms in total. The molecule has 0 unspecified atom stereocenters. The quantitative estimate of drug-likeness (QED) is 0.506. The minimum Gasteiger partial charge on any atom is -0.273 e. The van der Waals surface area contributed by atoms with Crippen molar-refractivity contribution >= 4 is 29.2 Å². The van der Waals surface area contributed by atoms with Gasteiger partial charge in [-0.2, -0.15) is 17.9 Å². The first-order valence-corrected chi connectivity index (χ1v) is 11.3. The van der Waals surface area contributed by atoms with Gasteiger partial charge in [0.25, 0.3) is 0 Å². The molecular weight excluding hydrogens is 465 g/mol. The highest BCUT2D eigenvalue weighted by atomic mass is 32.2. The molecule has 0 fully saturated rings. The maximum Gasteiger partial charge on any atom is 0.416 e. The summed E-state index contributed by atoms with van der Waals surface area (Å²) in [5.41, 5.74) is 0.0362. The van der Waals surface area contributed by atoms with Crippen LogP contribution < -0.4 is 4.90 Å². The summed E-state index contributed by atoms with van der Waals surface area (Å²) in [4.78, 5) is 19.4. The summed E-state index contributed by atoms with van der Waals surface area (Å²) in [6, 6.07) is 13.6. The van der Waals surface area contributed by atoms with Crippen LogP contribution in [0.1, 0.15) is 5.56 Å². The minimum absolute atomic E-state index is 0.114. The predicted molar refractivity (Wildman–Crippen MR) is 122 cm³/mol. The number of allylic oxidation sites excluding steroid dienone is 2. The molecule has 1 aliphatic carbocycles. The average Bonchev–Trinajstić information content (AvgIpc) is 3.32. The van der Waals surface area contributed by atoms with Crippen LogP contribution in [0.5, 0.6) is 0 Å². The van der Waals surface area contributed by atoms with Crippen molar-refractivity contribution in [2.24, 2.45) is 10.9 Å². The summed E-state index contributed by atoms with van der Waals surface area (Å²) >= 11 is 1.24. The Labute approximate surface area is 196 Å². The zero-order valence-corrected chi connectivity index (χ0v) is 18.3. The van der Waals surface area contributed by atoms with Crippen molar-refractivity contribution < 1.29 is 18.0 Å². The molecule has 0 spiro atoms. The Morgan fingerprint density at radius 2 is 1.74 bits per heavy atom. The molecule has 2 atom stereocenters. The highest BCUT2D eigenvalue weighted by Gasteiger charge is 2.39. The Kier molecular flexibility index (Phi) is 5.78. The van der Waals surface area contributed by atoms with Gasteiger partial charge in [0, 0.05) is 0 Å². The fraction of sp³-hybridized carbons (Fsp3) is 0.174. The number of amidine groups is 1. The molecule has 0 saturated carbocycles. The molecular formula is C23H17F3N6OS. The number of carbonyl (C=O) groups is 1. The molecule has 2 heterocycles. The van der Waals surface area contributed by atoms with E-state index in [-0.39, 0.29) is 17.3 Å². The van der Waals surface area contributed by atoms with E-state index < -0.39 is 23.7 Å². The van der Waals surface area contributed by atoms with E-state index in [1.165, 1.54) is 28.8 Å². The lowest BCUT2D eigenvalue weighted by Gasteiger charge is -2.35. The van der Waals surface area contributed by atoms with Gasteiger partial charge in [-0.15, -0.1) is 5.10 Å². The van der Waals surface area contributed by atoms with Crippen LogP contribution in [0.25, 0.3) is 5.69 Å². The summed E-state index contributed by atoms with van der Waals surface area (Å²) < 4.78 is 41.6. The largest absolute Gasteiger partial charge is 0.416 e. The molecule has 0 radical (unpaired) electrons. The third-order valence-corrected chi connectivity index (χ3v) is 6.29. The van der Waals surface area contributed by atoms with Crippen molar-refractivity contribution in [3.05, 3.63) is 84.5 Å². The first-order valence-electron chi connectivity index (χ1n) is 10.3. The van der Waals surface area contributed by atoms with E-state index in [9.17, 15) is 18.0 Å². The van der Waals surface area contributed by atoms with E-state index in [0.29, 0.717) is 11.0 Å². The first kappa shape index (κ1) is 22.1. The third kappa shape index (κ3) is 4.26. The van der Waals surface area contributed by atoms with Crippen molar-refractivity contribution in [1.29, 1.82) is 0 Å². The topological polar surface area (TPSA) is 76.3 Å². The Balaban J connectivity index is 1.49. The molecule has 1 aromatic heterocycles. The van der Waals surface area contributed by atoms with Crippen LogP contribution >= 0.6 is 11.8 Å². The van der Waals surface area contributed by atoms with Gasteiger partial charge in [0.15, 0.2) is 0 Å². The molecule has 2 aliphatic rings. The molecule has 1 aliphatic heterocycles. The average molecular weight is 482 g/mol.